The number of hydrogen-bond acceptors (Lipinski definition) is 2. The first kappa shape index (κ1) is 11.2. The van der Waals surface area contributed by atoms with Crippen molar-refractivity contribution in [2.24, 2.45) is 5.92 Å². The minimum absolute atomic E-state index is 0.0782. The van der Waals surface area contributed by atoms with Gasteiger partial charge < -0.3 is 9.67 Å². The van der Waals surface area contributed by atoms with E-state index in [9.17, 15) is 9.90 Å². The molecule has 4 nitrogen and oxygen atoms in total. The lowest BCUT2D eigenvalue weighted by molar-refractivity contribution is -0.140. The maximum atomic E-state index is 11.2. The molecule has 2 heterocycles. The summed E-state index contributed by atoms with van der Waals surface area (Å²) < 4.78 is 2.11. The van der Waals surface area contributed by atoms with Crippen LogP contribution in [0.15, 0.2) is 6.20 Å². The van der Waals surface area contributed by atoms with E-state index in [-0.39, 0.29) is 5.92 Å². The zero-order valence-electron chi connectivity index (χ0n) is 9.81. The summed E-state index contributed by atoms with van der Waals surface area (Å²) in [5.74, 6) is -0.119. The summed E-state index contributed by atoms with van der Waals surface area (Å²) in [5.41, 5.74) is 0.722. The fourth-order valence-electron chi connectivity index (χ4n) is 2.34. The lowest BCUT2D eigenvalue weighted by atomic mass is 9.93. The maximum Gasteiger partial charge on any atom is 0.312 e. The second-order valence-electron chi connectivity index (χ2n) is 4.79. The molecule has 16 heavy (non-hydrogen) atoms. The van der Waals surface area contributed by atoms with Crippen molar-refractivity contribution in [3.63, 3.8) is 0 Å². The molecule has 1 aliphatic heterocycles. The number of carboxylic acid groups (broad SMARTS) is 1. The molecule has 0 fully saturated rings. The van der Waals surface area contributed by atoms with E-state index < -0.39 is 11.9 Å². The van der Waals surface area contributed by atoms with Crippen LogP contribution < -0.4 is 0 Å². The third-order valence-electron chi connectivity index (χ3n) is 3.18. The van der Waals surface area contributed by atoms with Gasteiger partial charge in [-0.2, -0.15) is 0 Å². The second-order valence-corrected chi connectivity index (χ2v) is 4.79. The largest absolute Gasteiger partial charge is 0.481 e. The molecule has 4 heteroatoms. The van der Waals surface area contributed by atoms with Crippen LogP contribution in [0.4, 0.5) is 0 Å². The Morgan fingerprint density at radius 3 is 2.81 bits per heavy atom. The van der Waals surface area contributed by atoms with E-state index in [0.717, 1.165) is 30.9 Å². The van der Waals surface area contributed by atoms with Gasteiger partial charge in [-0.1, -0.05) is 13.8 Å². The molecule has 1 N–H and O–H groups in total. The number of carboxylic acids is 1. The highest BCUT2D eigenvalue weighted by atomic mass is 16.4. The number of aliphatic carboxylic acids is 1. The van der Waals surface area contributed by atoms with E-state index in [1.807, 2.05) is 20.0 Å². The SMILES string of the molecule is CC(C)C(C(=O)O)c1cn2c(n1)CCCC2. The lowest BCUT2D eigenvalue weighted by Gasteiger charge is -2.13. The number of rotatable bonds is 3. The van der Waals surface area contributed by atoms with E-state index in [1.54, 1.807) is 0 Å². The molecule has 88 valence electrons. The van der Waals surface area contributed by atoms with E-state index in [0.29, 0.717) is 0 Å². The summed E-state index contributed by atoms with van der Waals surface area (Å²) in [6.07, 6.45) is 5.23. The first-order valence-corrected chi connectivity index (χ1v) is 5.88. The number of carbonyl (C=O) groups is 1. The van der Waals surface area contributed by atoms with Gasteiger partial charge in [0, 0.05) is 19.2 Å². The topological polar surface area (TPSA) is 55.1 Å². The third kappa shape index (κ3) is 1.96. The molecule has 0 saturated heterocycles. The fourth-order valence-corrected chi connectivity index (χ4v) is 2.34. The second kappa shape index (κ2) is 4.28. The van der Waals surface area contributed by atoms with E-state index in [2.05, 4.69) is 9.55 Å². The van der Waals surface area contributed by atoms with Gasteiger partial charge in [0.15, 0.2) is 0 Å². The highest BCUT2D eigenvalue weighted by Gasteiger charge is 2.27. The Hall–Kier alpha value is -1.32. The average molecular weight is 222 g/mol. The van der Waals surface area contributed by atoms with Gasteiger partial charge >= 0.3 is 5.97 Å². The first-order chi connectivity index (χ1) is 7.59. The molecule has 1 aromatic heterocycles. The van der Waals surface area contributed by atoms with Crippen molar-refractivity contribution in [2.75, 3.05) is 0 Å². The molecule has 0 radical (unpaired) electrons. The summed E-state index contributed by atoms with van der Waals surface area (Å²) in [6, 6.07) is 0. The molecule has 1 unspecified atom stereocenters. The van der Waals surface area contributed by atoms with Gasteiger partial charge in [0.25, 0.3) is 0 Å². The van der Waals surface area contributed by atoms with Crippen LogP contribution in [0.25, 0.3) is 0 Å². The molecule has 1 atom stereocenters. The Morgan fingerprint density at radius 1 is 1.50 bits per heavy atom. The Kier molecular flexibility index (Phi) is 2.99. The van der Waals surface area contributed by atoms with Gasteiger partial charge in [0.2, 0.25) is 0 Å². The summed E-state index contributed by atoms with van der Waals surface area (Å²) >= 11 is 0. The van der Waals surface area contributed by atoms with Gasteiger partial charge in [-0.25, -0.2) is 4.98 Å². The van der Waals surface area contributed by atoms with Crippen molar-refractivity contribution in [3.8, 4) is 0 Å². The Balaban J connectivity index is 2.31. The van der Waals surface area contributed by atoms with Crippen LogP contribution in [-0.4, -0.2) is 20.6 Å². The Morgan fingerprint density at radius 2 is 2.25 bits per heavy atom. The summed E-state index contributed by atoms with van der Waals surface area (Å²) in [4.78, 5) is 15.7. The first-order valence-electron chi connectivity index (χ1n) is 5.88. The molecule has 0 aromatic carbocycles. The summed E-state index contributed by atoms with van der Waals surface area (Å²) in [7, 11) is 0. The zero-order chi connectivity index (χ0) is 11.7. The number of nitrogens with zero attached hydrogens (tertiary/aromatic N) is 2. The molecule has 0 saturated carbocycles. The van der Waals surface area contributed by atoms with Crippen LogP contribution >= 0.6 is 0 Å². The quantitative estimate of drug-likeness (QED) is 0.851. The monoisotopic (exact) mass is 222 g/mol. The lowest BCUT2D eigenvalue weighted by Crippen LogP contribution is -2.17. The van der Waals surface area contributed by atoms with E-state index in [1.165, 1.54) is 6.42 Å². The molecular weight excluding hydrogens is 204 g/mol. The molecule has 1 aliphatic rings. The van der Waals surface area contributed by atoms with Crippen LogP contribution in [0.2, 0.25) is 0 Å². The molecular formula is C12H18N2O2. The molecule has 2 rings (SSSR count). The van der Waals surface area contributed by atoms with Crippen molar-refractivity contribution >= 4 is 5.97 Å². The van der Waals surface area contributed by atoms with Gasteiger partial charge in [-0.3, -0.25) is 4.79 Å². The minimum atomic E-state index is -0.773. The third-order valence-corrected chi connectivity index (χ3v) is 3.18. The molecule has 0 aliphatic carbocycles. The molecule has 0 amide bonds. The van der Waals surface area contributed by atoms with Gasteiger partial charge in [0.05, 0.1) is 5.69 Å². The standard InChI is InChI=1S/C12H18N2O2/c1-8(2)11(12(15)16)9-7-14-6-4-3-5-10(14)13-9/h7-8,11H,3-6H2,1-2H3,(H,15,16). The van der Waals surface area contributed by atoms with Crippen molar-refractivity contribution in [1.82, 2.24) is 9.55 Å². The van der Waals surface area contributed by atoms with Crippen molar-refractivity contribution < 1.29 is 9.90 Å². The van der Waals surface area contributed by atoms with Gasteiger partial charge in [-0.15, -0.1) is 0 Å². The highest BCUT2D eigenvalue weighted by Crippen LogP contribution is 2.26. The highest BCUT2D eigenvalue weighted by molar-refractivity contribution is 5.75. The predicted octanol–water partition coefficient (Wildman–Crippen LogP) is 2.04. The molecule has 0 bridgehead atoms. The smallest absolute Gasteiger partial charge is 0.312 e. The number of imidazole rings is 1. The van der Waals surface area contributed by atoms with Crippen molar-refractivity contribution in [1.29, 1.82) is 0 Å². The normalized spacial score (nSPS) is 17.2. The summed E-state index contributed by atoms with van der Waals surface area (Å²) in [5, 5.41) is 9.21. The van der Waals surface area contributed by atoms with Crippen LogP contribution in [0.5, 0.6) is 0 Å². The van der Waals surface area contributed by atoms with E-state index >= 15 is 0 Å². The van der Waals surface area contributed by atoms with Gasteiger partial charge in [-0.05, 0) is 18.8 Å². The molecule has 0 spiro atoms. The zero-order valence-corrected chi connectivity index (χ0v) is 9.81. The number of aryl methyl sites for hydroxylation is 2. The minimum Gasteiger partial charge on any atom is -0.481 e. The average Bonchev–Trinajstić information content (AvgIpc) is 2.58. The van der Waals surface area contributed by atoms with Crippen molar-refractivity contribution in [2.45, 2.75) is 45.6 Å². The van der Waals surface area contributed by atoms with Crippen molar-refractivity contribution in [3.05, 3.63) is 17.7 Å². The van der Waals surface area contributed by atoms with Crippen LogP contribution in [-0.2, 0) is 17.8 Å². The summed E-state index contributed by atoms with van der Waals surface area (Å²) in [6.45, 7) is 4.83. The van der Waals surface area contributed by atoms with Crippen LogP contribution in [0.1, 0.15) is 44.1 Å². The number of hydrogen-bond donors (Lipinski definition) is 1. The number of aromatic nitrogens is 2. The van der Waals surface area contributed by atoms with Crippen LogP contribution in [0, 0.1) is 5.92 Å². The number of fused-ring (bicyclic) bond motifs is 1. The fraction of sp³-hybridized carbons (Fsp3) is 0.667. The predicted molar refractivity (Wildman–Crippen MR) is 60.4 cm³/mol. The molecule has 1 aromatic rings. The van der Waals surface area contributed by atoms with E-state index in [4.69, 9.17) is 0 Å². The van der Waals surface area contributed by atoms with Gasteiger partial charge in [0.1, 0.15) is 11.7 Å². The Labute approximate surface area is 95.3 Å². The Bertz CT molecular complexity index is 372. The van der Waals surface area contributed by atoms with Crippen LogP contribution in [0.3, 0.4) is 0 Å². The maximum absolute atomic E-state index is 11.2.